The molecule has 1 unspecified atom stereocenters. The fraction of sp³-hybridized carbons (Fsp3) is 0.381. The topological polar surface area (TPSA) is 36.8 Å². The first-order valence-corrected chi connectivity index (χ1v) is 9.27. The van der Waals surface area contributed by atoms with Gasteiger partial charge in [0.25, 0.3) is 0 Å². The molecule has 2 heterocycles. The number of carbonyl (C=O) groups is 1. The van der Waals surface area contributed by atoms with Crippen LogP contribution >= 0.6 is 0 Å². The Morgan fingerprint density at radius 3 is 2.80 bits per heavy atom. The Hall–Kier alpha value is -2.33. The fourth-order valence-corrected chi connectivity index (χ4v) is 4.12. The van der Waals surface area contributed by atoms with E-state index in [9.17, 15) is 4.79 Å². The van der Waals surface area contributed by atoms with Gasteiger partial charge in [-0.25, -0.2) is 0 Å². The highest BCUT2D eigenvalue weighted by atomic mass is 16.2. The number of hydrogen-bond acceptors (Lipinski definition) is 2. The predicted octanol–water partition coefficient (Wildman–Crippen LogP) is 1.02. The summed E-state index contributed by atoms with van der Waals surface area (Å²) < 4.78 is 0. The maximum absolute atomic E-state index is 12.5. The van der Waals surface area contributed by atoms with E-state index in [4.69, 9.17) is 0 Å². The lowest BCUT2D eigenvalue weighted by atomic mass is 10.2. The molecule has 2 aromatic carbocycles. The lowest BCUT2D eigenvalue weighted by Gasteiger charge is -2.20. The van der Waals surface area contributed by atoms with Crippen LogP contribution in [0.2, 0.25) is 0 Å². The third-order valence-electron chi connectivity index (χ3n) is 5.36. The normalized spacial score (nSPS) is 22.0. The summed E-state index contributed by atoms with van der Waals surface area (Å²) in [7, 11) is 0. The number of fused-ring (bicyclic) bond motifs is 1. The highest BCUT2D eigenvalue weighted by Gasteiger charge is 2.28. The molecule has 4 heteroatoms. The summed E-state index contributed by atoms with van der Waals surface area (Å²) in [5.74, 6) is 0.155. The third kappa shape index (κ3) is 3.85. The van der Waals surface area contributed by atoms with Crippen molar-refractivity contribution in [2.45, 2.75) is 25.4 Å². The lowest BCUT2D eigenvalue weighted by molar-refractivity contribution is -0.901. The first kappa shape index (κ1) is 16.2. The number of carbonyl (C=O) groups excluding carboxylic acids is 1. The highest BCUT2D eigenvalue weighted by molar-refractivity contribution is 5.82. The average molecular weight is 336 g/mol. The zero-order chi connectivity index (χ0) is 17.1. The van der Waals surface area contributed by atoms with Crippen LogP contribution in [0.4, 0.5) is 5.69 Å². The fourth-order valence-electron chi connectivity index (χ4n) is 4.12. The maximum atomic E-state index is 12.5. The number of para-hydroxylation sites is 1. The largest absolute Gasteiger partial charge is 0.362 e. The van der Waals surface area contributed by atoms with Crippen molar-refractivity contribution in [3.05, 3.63) is 65.7 Å². The number of anilines is 1. The molecule has 2 N–H and O–H groups in total. The summed E-state index contributed by atoms with van der Waals surface area (Å²) in [4.78, 5) is 16.2. The van der Waals surface area contributed by atoms with Crippen molar-refractivity contribution in [3.8, 4) is 0 Å². The van der Waals surface area contributed by atoms with Gasteiger partial charge in [0.1, 0.15) is 6.54 Å². The standard InChI is InChI=1S/C21H25N3O/c25-21(16-24-13-10-18-8-4-5-9-20(18)24)22-19-11-12-23(15-19)14-17-6-2-1-3-7-17/h1-9,19H,10-16H2,(H,22,25)/p+1/t19-/m1/s1. The Labute approximate surface area is 149 Å². The van der Waals surface area contributed by atoms with Gasteiger partial charge >= 0.3 is 0 Å². The van der Waals surface area contributed by atoms with Crippen molar-refractivity contribution in [2.75, 3.05) is 31.1 Å². The number of benzene rings is 2. The molecule has 25 heavy (non-hydrogen) atoms. The van der Waals surface area contributed by atoms with E-state index in [1.54, 1.807) is 4.90 Å². The van der Waals surface area contributed by atoms with E-state index < -0.39 is 0 Å². The van der Waals surface area contributed by atoms with Gasteiger partial charge in [-0.05, 0) is 18.1 Å². The number of amides is 1. The van der Waals surface area contributed by atoms with Crippen LogP contribution in [-0.2, 0) is 17.8 Å². The Bertz CT molecular complexity index is 731. The van der Waals surface area contributed by atoms with E-state index >= 15 is 0 Å². The predicted molar refractivity (Wildman–Crippen MR) is 99.7 cm³/mol. The van der Waals surface area contributed by atoms with Gasteiger partial charge in [-0.2, -0.15) is 0 Å². The van der Waals surface area contributed by atoms with Crippen molar-refractivity contribution in [2.24, 2.45) is 0 Å². The Morgan fingerprint density at radius 1 is 1.12 bits per heavy atom. The van der Waals surface area contributed by atoms with Crippen molar-refractivity contribution in [1.82, 2.24) is 5.32 Å². The first-order valence-electron chi connectivity index (χ1n) is 9.27. The number of nitrogens with one attached hydrogen (secondary N) is 2. The van der Waals surface area contributed by atoms with Gasteiger partial charge in [-0.1, -0.05) is 48.5 Å². The number of quaternary nitrogens is 1. The molecule has 0 spiro atoms. The van der Waals surface area contributed by atoms with E-state index in [0.717, 1.165) is 39.0 Å². The second-order valence-corrected chi connectivity index (χ2v) is 7.22. The minimum atomic E-state index is 0.155. The van der Waals surface area contributed by atoms with Crippen LogP contribution < -0.4 is 15.1 Å². The highest BCUT2D eigenvalue weighted by Crippen LogP contribution is 2.26. The molecule has 4 nitrogen and oxygen atoms in total. The van der Waals surface area contributed by atoms with Crippen LogP contribution in [0, 0.1) is 0 Å². The molecule has 0 saturated carbocycles. The van der Waals surface area contributed by atoms with Crippen molar-refractivity contribution < 1.29 is 9.69 Å². The van der Waals surface area contributed by atoms with Crippen LogP contribution in [0.15, 0.2) is 54.6 Å². The molecule has 0 aromatic heterocycles. The molecule has 2 atom stereocenters. The zero-order valence-electron chi connectivity index (χ0n) is 14.6. The van der Waals surface area contributed by atoms with E-state index in [1.165, 1.54) is 16.8 Å². The van der Waals surface area contributed by atoms with E-state index in [2.05, 4.69) is 64.8 Å². The van der Waals surface area contributed by atoms with Crippen molar-refractivity contribution in [1.29, 1.82) is 0 Å². The smallest absolute Gasteiger partial charge is 0.239 e. The molecular weight excluding hydrogens is 310 g/mol. The van der Waals surface area contributed by atoms with Crippen LogP contribution in [0.5, 0.6) is 0 Å². The molecule has 0 radical (unpaired) electrons. The minimum Gasteiger partial charge on any atom is -0.362 e. The minimum absolute atomic E-state index is 0.155. The summed E-state index contributed by atoms with van der Waals surface area (Å²) in [5, 5.41) is 3.25. The van der Waals surface area contributed by atoms with Crippen LogP contribution in [0.1, 0.15) is 17.5 Å². The maximum Gasteiger partial charge on any atom is 0.239 e. The van der Waals surface area contributed by atoms with E-state index in [-0.39, 0.29) is 5.91 Å². The summed E-state index contributed by atoms with van der Waals surface area (Å²) in [6.07, 6.45) is 2.12. The third-order valence-corrected chi connectivity index (χ3v) is 5.36. The summed E-state index contributed by atoms with van der Waals surface area (Å²) in [6, 6.07) is 19.3. The first-order chi connectivity index (χ1) is 12.3. The SMILES string of the molecule is O=C(CN1CCc2ccccc21)N[C@@H]1CC[NH+](Cc2ccccc2)C1. The molecule has 2 aromatic rings. The number of likely N-dealkylation sites (tertiary alicyclic amines) is 1. The summed E-state index contributed by atoms with van der Waals surface area (Å²) in [5.41, 5.74) is 3.95. The quantitative estimate of drug-likeness (QED) is 0.855. The van der Waals surface area contributed by atoms with Gasteiger partial charge in [0.2, 0.25) is 5.91 Å². The van der Waals surface area contributed by atoms with Gasteiger partial charge in [0, 0.05) is 24.2 Å². The van der Waals surface area contributed by atoms with Gasteiger partial charge in [0.05, 0.1) is 25.7 Å². The average Bonchev–Trinajstić information content (AvgIpc) is 3.23. The molecule has 0 bridgehead atoms. The molecule has 1 amide bonds. The number of rotatable bonds is 5. The van der Waals surface area contributed by atoms with E-state index in [0.29, 0.717) is 12.6 Å². The van der Waals surface area contributed by atoms with Gasteiger partial charge in [0.15, 0.2) is 0 Å². The number of nitrogens with zero attached hydrogens (tertiary/aromatic N) is 1. The molecule has 2 aliphatic rings. The van der Waals surface area contributed by atoms with E-state index in [1.807, 2.05) is 0 Å². The Kier molecular flexibility index (Phi) is 4.70. The molecule has 2 aliphatic heterocycles. The van der Waals surface area contributed by atoms with Gasteiger partial charge in [-0.3, -0.25) is 4.79 Å². The Morgan fingerprint density at radius 2 is 1.92 bits per heavy atom. The van der Waals surface area contributed by atoms with Gasteiger partial charge < -0.3 is 15.1 Å². The molecule has 0 aliphatic carbocycles. The zero-order valence-corrected chi connectivity index (χ0v) is 14.6. The molecular formula is C21H26N3O+. The molecule has 1 fully saturated rings. The van der Waals surface area contributed by atoms with Crippen molar-refractivity contribution in [3.63, 3.8) is 0 Å². The van der Waals surface area contributed by atoms with Crippen LogP contribution in [0.25, 0.3) is 0 Å². The summed E-state index contributed by atoms with van der Waals surface area (Å²) >= 11 is 0. The Balaban J connectivity index is 1.27. The summed E-state index contributed by atoms with van der Waals surface area (Å²) in [6.45, 7) is 4.63. The monoisotopic (exact) mass is 336 g/mol. The molecule has 130 valence electrons. The van der Waals surface area contributed by atoms with Gasteiger partial charge in [-0.15, -0.1) is 0 Å². The van der Waals surface area contributed by atoms with Crippen LogP contribution in [0.3, 0.4) is 0 Å². The molecule has 4 rings (SSSR count). The van der Waals surface area contributed by atoms with Crippen LogP contribution in [-0.4, -0.2) is 38.1 Å². The lowest BCUT2D eigenvalue weighted by Crippen LogP contribution is -3.09. The molecule has 1 saturated heterocycles. The van der Waals surface area contributed by atoms with Crippen molar-refractivity contribution >= 4 is 11.6 Å². The second kappa shape index (κ2) is 7.28. The number of hydrogen-bond donors (Lipinski definition) is 2. The second-order valence-electron chi connectivity index (χ2n) is 7.22.